The molecule has 0 aromatic carbocycles. The highest BCUT2D eigenvalue weighted by molar-refractivity contribution is 14.0. The molecule has 4 rings (SSSR count). The molecule has 1 saturated carbocycles. The minimum atomic E-state index is 0. The van der Waals surface area contributed by atoms with Gasteiger partial charge in [0.2, 0.25) is 5.89 Å². The molecule has 7 heteroatoms. The lowest BCUT2D eigenvalue weighted by Crippen LogP contribution is -2.45. The van der Waals surface area contributed by atoms with Gasteiger partial charge in [0.25, 0.3) is 0 Å². The maximum absolute atomic E-state index is 5.74. The maximum Gasteiger partial charge on any atom is 0.208 e. The van der Waals surface area contributed by atoms with Crippen molar-refractivity contribution in [2.45, 2.75) is 58.9 Å². The molecule has 3 heterocycles. The number of piperidine rings is 1. The summed E-state index contributed by atoms with van der Waals surface area (Å²) in [5.41, 5.74) is 1.64. The summed E-state index contributed by atoms with van der Waals surface area (Å²) in [6.07, 6.45) is 8.07. The highest BCUT2D eigenvalue weighted by Gasteiger charge is 2.43. The summed E-state index contributed by atoms with van der Waals surface area (Å²) in [6.45, 7) is 10.5. The Labute approximate surface area is 186 Å². The molecular formula is C21H36IN5O. The van der Waals surface area contributed by atoms with Gasteiger partial charge in [0.1, 0.15) is 5.76 Å². The second kappa shape index (κ2) is 9.32. The Kier molecular flexibility index (Phi) is 7.28. The Morgan fingerprint density at radius 2 is 1.96 bits per heavy atom. The summed E-state index contributed by atoms with van der Waals surface area (Å²) in [7, 11) is 1.93. The first-order valence-corrected chi connectivity index (χ1v) is 10.7. The van der Waals surface area contributed by atoms with Gasteiger partial charge in [0, 0.05) is 26.7 Å². The first kappa shape index (κ1) is 21.9. The summed E-state index contributed by atoms with van der Waals surface area (Å²) in [5.74, 6) is 3.65. The summed E-state index contributed by atoms with van der Waals surface area (Å²) in [4.78, 5) is 14.0. The molecular weight excluding hydrogens is 465 g/mol. The van der Waals surface area contributed by atoms with E-state index >= 15 is 0 Å². The highest BCUT2D eigenvalue weighted by atomic mass is 127. The van der Waals surface area contributed by atoms with Crippen LogP contribution in [0.2, 0.25) is 0 Å². The third kappa shape index (κ3) is 4.83. The molecule has 1 aromatic heterocycles. The van der Waals surface area contributed by atoms with Gasteiger partial charge in [-0.2, -0.15) is 0 Å². The number of hydrogen-bond donors (Lipinski definition) is 1. The third-order valence-electron chi connectivity index (χ3n) is 7.05. The summed E-state index contributed by atoms with van der Waals surface area (Å²) in [6, 6.07) is 0. The SMILES string of the molecule is CN=C(NCC1CCN(Cc2nc(C)c(C)o2)CC1)N1CCC2(CCC2)C1.I. The fourth-order valence-electron chi connectivity index (χ4n) is 4.92. The van der Waals surface area contributed by atoms with Crippen LogP contribution in [0.1, 0.15) is 55.9 Å². The van der Waals surface area contributed by atoms with Crippen LogP contribution in [-0.4, -0.2) is 60.5 Å². The molecule has 6 nitrogen and oxygen atoms in total. The van der Waals surface area contributed by atoms with Crippen molar-refractivity contribution in [3.63, 3.8) is 0 Å². The smallest absolute Gasteiger partial charge is 0.208 e. The molecule has 3 aliphatic rings. The minimum absolute atomic E-state index is 0. The van der Waals surface area contributed by atoms with Crippen LogP contribution in [-0.2, 0) is 6.54 Å². The molecule has 28 heavy (non-hydrogen) atoms. The monoisotopic (exact) mass is 501 g/mol. The fourth-order valence-corrected chi connectivity index (χ4v) is 4.92. The van der Waals surface area contributed by atoms with Gasteiger partial charge >= 0.3 is 0 Å². The van der Waals surface area contributed by atoms with Crippen LogP contribution in [0, 0.1) is 25.2 Å². The lowest BCUT2D eigenvalue weighted by Gasteiger charge is -2.38. The lowest BCUT2D eigenvalue weighted by atomic mass is 9.68. The Hall–Kier alpha value is -0.830. The number of likely N-dealkylation sites (tertiary alicyclic amines) is 2. The zero-order chi connectivity index (χ0) is 18.9. The van der Waals surface area contributed by atoms with Gasteiger partial charge in [-0.25, -0.2) is 4.98 Å². The first-order valence-electron chi connectivity index (χ1n) is 10.7. The van der Waals surface area contributed by atoms with Gasteiger partial charge < -0.3 is 14.6 Å². The van der Waals surface area contributed by atoms with E-state index in [1.54, 1.807) is 0 Å². The van der Waals surface area contributed by atoms with Crippen LogP contribution in [0.15, 0.2) is 9.41 Å². The molecule has 2 aliphatic heterocycles. The van der Waals surface area contributed by atoms with Crippen molar-refractivity contribution in [2.75, 3.05) is 39.8 Å². The topological polar surface area (TPSA) is 56.9 Å². The molecule has 0 radical (unpaired) electrons. The summed E-state index contributed by atoms with van der Waals surface area (Å²) in [5, 5.41) is 3.67. The van der Waals surface area contributed by atoms with Gasteiger partial charge in [-0.15, -0.1) is 24.0 Å². The van der Waals surface area contributed by atoms with E-state index in [1.165, 1.54) is 51.6 Å². The van der Waals surface area contributed by atoms with E-state index in [-0.39, 0.29) is 24.0 Å². The van der Waals surface area contributed by atoms with Crippen LogP contribution in [0.5, 0.6) is 0 Å². The fraction of sp³-hybridized carbons (Fsp3) is 0.810. The number of halogens is 1. The van der Waals surface area contributed by atoms with Crippen molar-refractivity contribution in [2.24, 2.45) is 16.3 Å². The number of oxazole rings is 1. The van der Waals surface area contributed by atoms with E-state index in [0.29, 0.717) is 5.41 Å². The number of rotatable bonds is 4. The Morgan fingerprint density at radius 3 is 2.50 bits per heavy atom. The average Bonchev–Trinajstić information content (AvgIpc) is 3.21. The number of aliphatic imine (C=N–C) groups is 1. The second-order valence-electron chi connectivity index (χ2n) is 8.92. The van der Waals surface area contributed by atoms with Crippen LogP contribution >= 0.6 is 24.0 Å². The van der Waals surface area contributed by atoms with E-state index < -0.39 is 0 Å². The lowest BCUT2D eigenvalue weighted by molar-refractivity contribution is 0.150. The van der Waals surface area contributed by atoms with Crippen LogP contribution in [0.3, 0.4) is 0 Å². The molecule has 158 valence electrons. The van der Waals surface area contributed by atoms with Crippen molar-refractivity contribution in [3.8, 4) is 0 Å². The van der Waals surface area contributed by atoms with Crippen molar-refractivity contribution >= 4 is 29.9 Å². The normalized spacial score (nSPS) is 23.0. The van der Waals surface area contributed by atoms with E-state index in [4.69, 9.17) is 4.42 Å². The van der Waals surface area contributed by atoms with E-state index in [9.17, 15) is 0 Å². The first-order chi connectivity index (χ1) is 13.1. The number of nitrogens with one attached hydrogen (secondary N) is 1. The molecule has 0 atom stereocenters. The summed E-state index contributed by atoms with van der Waals surface area (Å²) >= 11 is 0. The van der Waals surface area contributed by atoms with Crippen molar-refractivity contribution in [3.05, 3.63) is 17.3 Å². The highest BCUT2D eigenvalue weighted by Crippen LogP contribution is 2.47. The predicted octanol–water partition coefficient (Wildman–Crippen LogP) is 3.57. The molecule has 0 unspecified atom stereocenters. The number of hydrogen-bond acceptors (Lipinski definition) is 4. The van der Waals surface area contributed by atoms with Crippen LogP contribution < -0.4 is 5.32 Å². The standard InChI is InChI=1S/C21H35N5O.HI/c1-16-17(2)27-19(24-16)14-25-10-5-18(6-11-25)13-23-20(22-3)26-12-9-21(15-26)7-4-8-21;/h18H,4-15H2,1-3H3,(H,22,23);1H. The Morgan fingerprint density at radius 1 is 1.21 bits per heavy atom. The zero-order valence-electron chi connectivity index (χ0n) is 17.7. The van der Waals surface area contributed by atoms with Crippen LogP contribution in [0.25, 0.3) is 0 Å². The van der Waals surface area contributed by atoms with Crippen LogP contribution in [0.4, 0.5) is 0 Å². The van der Waals surface area contributed by atoms with Crippen molar-refractivity contribution in [1.82, 2.24) is 20.1 Å². The van der Waals surface area contributed by atoms with Gasteiger partial charge in [-0.3, -0.25) is 9.89 Å². The molecule has 0 bridgehead atoms. The Balaban J connectivity index is 0.00000225. The van der Waals surface area contributed by atoms with E-state index in [2.05, 4.69) is 25.1 Å². The molecule has 1 aliphatic carbocycles. The largest absolute Gasteiger partial charge is 0.444 e. The van der Waals surface area contributed by atoms with Gasteiger partial charge in [-0.05, 0) is 70.4 Å². The van der Waals surface area contributed by atoms with Gasteiger partial charge in [-0.1, -0.05) is 6.42 Å². The molecule has 2 saturated heterocycles. The predicted molar refractivity (Wildman–Crippen MR) is 123 cm³/mol. The van der Waals surface area contributed by atoms with Gasteiger partial charge in [0.05, 0.1) is 12.2 Å². The number of nitrogens with zero attached hydrogens (tertiary/aromatic N) is 4. The van der Waals surface area contributed by atoms with E-state index in [1.807, 2.05) is 20.9 Å². The van der Waals surface area contributed by atoms with Gasteiger partial charge in [0.15, 0.2) is 5.96 Å². The van der Waals surface area contributed by atoms with Crippen molar-refractivity contribution in [1.29, 1.82) is 0 Å². The number of aryl methyl sites for hydroxylation is 2. The molecule has 1 spiro atoms. The third-order valence-corrected chi connectivity index (χ3v) is 7.05. The quantitative estimate of drug-likeness (QED) is 0.389. The average molecular weight is 501 g/mol. The number of aromatic nitrogens is 1. The molecule has 1 N–H and O–H groups in total. The minimum Gasteiger partial charge on any atom is -0.444 e. The maximum atomic E-state index is 5.74. The summed E-state index contributed by atoms with van der Waals surface area (Å²) < 4.78 is 5.74. The van der Waals surface area contributed by atoms with E-state index in [0.717, 1.165) is 55.4 Å². The Bertz CT molecular complexity index is 657. The molecule has 0 amide bonds. The number of guanidine groups is 1. The van der Waals surface area contributed by atoms with Crippen molar-refractivity contribution < 1.29 is 4.42 Å². The molecule has 3 fully saturated rings. The molecule has 1 aromatic rings. The second-order valence-corrected chi connectivity index (χ2v) is 8.92. The zero-order valence-corrected chi connectivity index (χ0v) is 20.0.